The van der Waals surface area contributed by atoms with Gasteiger partial charge in [0.05, 0.1) is 4.90 Å². The molecule has 0 amide bonds. The Labute approximate surface area is 132 Å². The molecular weight excluding hydrogens is 302 g/mol. The van der Waals surface area contributed by atoms with Gasteiger partial charge in [0.15, 0.2) is 0 Å². The highest BCUT2D eigenvalue weighted by Gasteiger charge is 2.17. The normalized spacial score (nSPS) is 12.3. The lowest BCUT2D eigenvalue weighted by Gasteiger charge is -2.19. The van der Waals surface area contributed by atoms with Gasteiger partial charge in [0.1, 0.15) is 0 Å². The van der Waals surface area contributed by atoms with Gasteiger partial charge in [0.2, 0.25) is 10.0 Å². The van der Waals surface area contributed by atoms with Crippen molar-refractivity contribution in [3.8, 4) is 0 Å². The topological polar surface area (TPSA) is 83.5 Å². The van der Waals surface area contributed by atoms with Gasteiger partial charge >= 0.3 is 5.97 Å². The highest BCUT2D eigenvalue weighted by atomic mass is 32.2. The van der Waals surface area contributed by atoms with Crippen molar-refractivity contribution in [2.24, 2.45) is 0 Å². The van der Waals surface area contributed by atoms with Crippen molar-refractivity contribution in [3.63, 3.8) is 0 Å². The number of hydrogen-bond acceptors (Lipinski definition) is 3. The number of benzene rings is 1. The quantitative estimate of drug-likeness (QED) is 0.719. The minimum atomic E-state index is -3.49. The van der Waals surface area contributed by atoms with Crippen LogP contribution in [0.4, 0.5) is 0 Å². The zero-order valence-electron chi connectivity index (χ0n) is 13.4. The minimum Gasteiger partial charge on any atom is -0.481 e. The molecule has 0 bridgehead atoms. The molecule has 0 heterocycles. The lowest BCUT2D eigenvalue weighted by Crippen LogP contribution is -2.25. The van der Waals surface area contributed by atoms with E-state index >= 15 is 0 Å². The molecule has 5 nitrogen and oxygen atoms in total. The van der Waals surface area contributed by atoms with Crippen molar-refractivity contribution < 1.29 is 18.3 Å². The first kappa shape index (κ1) is 18.6. The molecule has 0 aromatic heterocycles. The number of sulfonamides is 1. The molecule has 2 N–H and O–H groups in total. The summed E-state index contributed by atoms with van der Waals surface area (Å²) >= 11 is 0. The van der Waals surface area contributed by atoms with Crippen LogP contribution in [-0.2, 0) is 20.2 Å². The molecule has 0 spiro atoms. The number of unbranched alkanes of at least 4 members (excludes halogenated alkanes) is 2. The van der Waals surface area contributed by atoms with E-state index in [4.69, 9.17) is 5.11 Å². The summed E-state index contributed by atoms with van der Waals surface area (Å²) in [4.78, 5) is 10.6. The molecule has 0 aliphatic carbocycles. The maximum absolute atomic E-state index is 12.1. The third-order valence-electron chi connectivity index (χ3n) is 3.39. The van der Waals surface area contributed by atoms with Gasteiger partial charge in [-0.15, -0.1) is 0 Å². The van der Waals surface area contributed by atoms with Crippen LogP contribution in [0.25, 0.3) is 0 Å². The average molecular weight is 327 g/mol. The number of aliphatic carboxylic acids is 1. The Kier molecular flexibility index (Phi) is 6.56. The number of carboxylic acid groups (broad SMARTS) is 1. The first-order valence-corrected chi connectivity index (χ1v) is 8.93. The average Bonchev–Trinajstić information content (AvgIpc) is 2.41. The zero-order chi connectivity index (χ0) is 16.8. The Morgan fingerprint density at radius 2 is 1.68 bits per heavy atom. The number of hydrogen-bond donors (Lipinski definition) is 2. The monoisotopic (exact) mass is 327 g/mol. The van der Waals surface area contributed by atoms with E-state index in [9.17, 15) is 13.2 Å². The summed E-state index contributed by atoms with van der Waals surface area (Å²) in [6.45, 7) is 6.55. The lowest BCUT2D eigenvalue weighted by atomic mass is 9.87. The van der Waals surface area contributed by atoms with Crippen molar-refractivity contribution in [1.29, 1.82) is 0 Å². The molecule has 0 fully saturated rings. The molecule has 0 atom stereocenters. The molecule has 0 aliphatic rings. The van der Waals surface area contributed by atoms with E-state index in [2.05, 4.69) is 25.5 Å². The summed E-state index contributed by atoms with van der Waals surface area (Å²) < 4.78 is 26.8. The maximum Gasteiger partial charge on any atom is 0.303 e. The first-order valence-electron chi connectivity index (χ1n) is 7.45. The molecule has 1 aromatic rings. The second-order valence-electron chi connectivity index (χ2n) is 6.38. The van der Waals surface area contributed by atoms with E-state index in [-0.39, 0.29) is 16.7 Å². The van der Waals surface area contributed by atoms with Gasteiger partial charge in [-0.2, -0.15) is 0 Å². The fraction of sp³-hybridized carbons (Fsp3) is 0.562. The van der Waals surface area contributed by atoms with Gasteiger partial charge in [-0.1, -0.05) is 39.3 Å². The Morgan fingerprint density at radius 3 is 2.18 bits per heavy atom. The van der Waals surface area contributed by atoms with Gasteiger partial charge in [-0.25, -0.2) is 13.1 Å². The molecule has 124 valence electrons. The van der Waals surface area contributed by atoms with Crippen molar-refractivity contribution in [2.75, 3.05) is 6.54 Å². The SMILES string of the molecule is CC(C)(C)c1ccc(S(=O)(=O)NCCCCCC(=O)O)cc1. The summed E-state index contributed by atoms with van der Waals surface area (Å²) in [6, 6.07) is 6.91. The number of rotatable bonds is 8. The third-order valence-corrected chi connectivity index (χ3v) is 4.87. The van der Waals surface area contributed by atoms with Crippen molar-refractivity contribution in [3.05, 3.63) is 29.8 Å². The number of nitrogens with one attached hydrogen (secondary N) is 1. The summed E-state index contributed by atoms with van der Waals surface area (Å²) in [7, 11) is -3.49. The highest BCUT2D eigenvalue weighted by molar-refractivity contribution is 7.89. The van der Waals surface area contributed by atoms with Crippen LogP contribution in [0.5, 0.6) is 0 Å². The van der Waals surface area contributed by atoms with E-state index in [0.29, 0.717) is 25.8 Å². The van der Waals surface area contributed by atoms with Crippen LogP contribution < -0.4 is 4.72 Å². The van der Waals surface area contributed by atoms with Crippen molar-refractivity contribution in [2.45, 2.75) is 56.8 Å². The van der Waals surface area contributed by atoms with Crippen molar-refractivity contribution >= 4 is 16.0 Å². The first-order chi connectivity index (χ1) is 10.1. The summed E-state index contributed by atoms with van der Waals surface area (Å²) in [6.07, 6.45) is 2.02. The van der Waals surface area contributed by atoms with Gasteiger partial charge in [0.25, 0.3) is 0 Å². The Morgan fingerprint density at radius 1 is 1.09 bits per heavy atom. The van der Waals surface area contributed by atoms with Crippen LogP contribution in [0.1, 0.15) is 52.0 Å². The molecule has 0 unspecified atom stereocenters. The second kappa shape index (κ2) is 7.74. The van der Waals surface area contributed by atoms with Crippen molar-refractivity contribution in [1.82, 2.24) is 4.72 Å². The summed E-state index contributed by atoms with van der Waals surface area (Å²) in [5, 5.41) is 8.52. The molecular formula is C16H25NO4S. The Hall–Kier alpha value is -1.40. The van der Waals surface area contributed by atoms with Gasteiger partial charge in [0, 0.05) is 13.0 Å². The van der Waals surface area contributed by atoms with Crippen LogP contribution in [-0.4, -0.2) is 26.0 Å². The molecule has 6 heteroatoms. The molecule has 22 heavy (non-hydrogen) atoms. The predicted molar refractivity (Wildman–Crippen MR) is 86.4 cm³/mol. The summed E-state index contributed by atoms with van der Waals surface area (Å²) in [5.74, 6) is -0.820. The van der Waals surface area contributed by atoms with Crippen LogP contribution in [0.3, 0.4) is 0 Å². The molecule has 1 aromatic carbocycles. The minimum absolute atomic E-state index is 0.0140. The van der Waals surface area contributed by atoms with Crippen LogP contribution in [0.15, 0.2) is 29.2 Å². The fourth-order valence-corrected chi connectivity index (χ4v) is 3.08. The van der Waals surface area contributed by atoms with E-state index in [1.807, 2.05) is 12.1 Å². The third kappa shape index (κ3) is 6.15. The molecule has 1 rings (SSSR count). The van der Waals surface area contributed by atoms with Gasteiger partial charge < -0.3 is 5.11 Å². The van der Waals surface area contributed by atoms with E-state index in [0.717, 1.165) is 5.56 Å². The second-order valence-corrected chi connectivity index (χ2v) is 8.14. The van der Waals surface area contributed by atoms with E-state index in [1.54, 1.807) is 12.1 Å². The maximum atomic E-state index is 12.1. The standard InChI is InChI=1S/C16H25NO4S/c1-16(2,3)13-8-10-14(11-9-13)22(20,21)17-12-6-4-5-7-15(18)19/h8-11,17H,4-7,12H2,1-3H3,(H,18,19). The zero-order valence-corrected chi connectivity index (χ0v) is 14.2. The van der Waals surface area contributed by atoms with Crippen LogP contribution in [0, 0.1) is 0 Å². The molecule has 0 saturated heterocycles. The largest absolute Gasteiger partial charge is 0.481 e. The number of carboxylic acids is 1. The van der Waals surface area contributed by atoms with E-state index in [1.165, 1.54) is 0 Å². The van der Waals surface area contributed by atoms with Gasteiger partial charge in [-0.05, 0) is 36.0 Å². The van der Waals surface area contributed by atoms with Crippen LogP contribution in [0.2, 0.25) is 0 Å². The number of carbonyl (C=O) groups is 1. The lowest BCUT2D eigenvalue weighted by molar-refractivity contribution is -0.137. The van der Waals surface area contributed by atoms with Crippen LogP contribution >= 0.6 is 0 Å². The molecule has 0 aliphatic heterocycles. The Balaban J connectivity index is 2.51. The molecule has 0 saturated carbocycles. The Bertz CT molecular complexity index is 586. The molecule has 0 radical (unpaired) electrons. The van der Waals surface area contributed by atoms with Gasteiger partial charge in [-0.3, -0.25) is 4.79 Å². The van der Waals surface area contributed by atoms with E-state index < -0.39 is 16.0 Å². The summed E-state index contributed by atoms with van der Waals surface area (Å²) in [5.41, 5.74) is 1.07. The highest BCUT2D eigenvalue weighted by Crippen LogP contribution is 2.23. The fourth-order valence-electron chi connectivity index (χ4n) is 2.00. The predicted octanol–water partition coefficient (Wildman–Crippen LogP) is 2.91. The smallest absolute Gasteiger partial charge is 0.303 e.